The summed E-state index contributed by atoms with van der Waals surface area (Å²) in [4.78, 5) is 11.2. The van der Waals surface area contributed by atoms with E-state index in [0.29, 0.717) is 5.56 Å². The van der Waals surface area contributed by atoms with Gasteiger partial charge in [0.15, 0.2) is 5.84 Å². The van der Waals surface area contributed by atoms with Crippen molar-refractivity contribution >= 4 is 43.4 Å². The molecular formula is C24H25CuN4O9S2-. The predicted molar refractivity (Wildman–Crippen MR) is 143 cm³/mol. The summed E-state index contributed by atoms with van der Waals surface area (Å²) >= 11 is 0. The molecule has 0 bridgehead atoms. The summed E-state index contributed by atoms with van der Waals surface area (Å²) in [5, 5.41) is 31.8. The first-order valence-electron chi connectivity index (χ1n) is 11.0. The van der Waals surface area contributed by atoms with Gasteiger partial charge in [0, 0.05) is 22.6 Å². The van der Waals surface area contributed by atoms with Crippen molar-refractivity contribution in [3.05, 3.63) is 88.8 Å². The van der Waals surface area contributed by atoms with Crippen LogP contribution in [0.2, 0.25) is 0 Å². The Bertz CT molecular complexity index is 1600. The quantitative estimate of drug-likeness (QED) is 0.0588. The number of hydrogen-bond acceptors (Lipinski definition) is 9. The molecule has 16 heteroatoms. The molecule has 0 aliphatic rings. The van der Waals surface area contributed by atoms with Crippen molar-refractivity contribution in [2.45, 2.75) is 18.7 Å². The first-order valence-corrected chi connectivity index (χ1v) is 14.0. The number of amidine groups is 1. The summed E-state index contributed by atoms with van der Waals surface area (Å²) in [5.74, 6) is -1.63. The van der Waals surface area contributed by atoms with Gasteiger partial charge in [-0.1, -0.05) is 54.2 Å². The molecule has 3 N–H and O–H groups in total. The Balaban J connectivity index is 0.00000103. The molecule has 0 fully saturated rings. The number of hydrogen-bond donors (Lipinski definition) is 3. The molecule has 13 nitrogen and oxygen atoms in total. The van der Waals surface area contributed by atoms with Crippen LogP contribution >= 0.6 is 0 Å². The van der Waals surface area contributed by atoms with Crippen LogP contribution in [0, 0.1) is 6.92 Å². The second-order valence-electron chi connectivity index (χ2n) is 7.51. The van der Waals surface area contributed by atoms with Crippen LogP contribution in [0.25, 0.3) is 5.43 Å². The van der Waals surface area contributed by atoms with Crippen LogP contribution in [-0.4, -0.2) is 56.3 Å². The molecule has 3 rings (SSSR count). The van der Waals surface area contributed by atoms with Gasteiger partial charge in [-0.2, -0.15) is 16.8 Å². The van der Waals surface area contributed by atoms with Crippen molar-refractivity contribution in [3.63, 3.8) is 0 Å². The van der Waals surface area contributed by atoms with Crippen LogP contribution in [0.4, 0.5) is 11.4 Å². The Hall–Kier alpha value is -3.66. The number of azo groups is 1. The van der Waals surface area contributed by atoms with E-state index in [0.717, 1.165) is 13.2 Å². The van der Waals surface area contributed by atoms with Gasteiger partial charge in [0.2, 0.25) is 0 Å². The van der Waals surface area contributed by atoms with Crippen molar-refractivity contribution < 1.29 is 57.6 Å². The third kappa shape index (κ3) is 10.1. The minimum absolute atomic E-state index is 0. The van der Waals surface area contributed by atoms with Gasteiger partial charge in [-0.3, -0.25) is 8.74 Å². The molecule has 0 spiro atoms. The number of carboxylic acids is 1. The van der Waals surface area contributed by atoms with E-state index >= 15 is 0 Å². The molecule has 3 aromatic rings. The van der Waals surface area contributed by atoms with Crippen molar-refractivity contribution in [2.24, 2.45) is 15.3 Å². The van der Waals surface area contributed by atoms with Gasteiger partial charge in [-0.05, 0) is 37.6 Å². The minimum Gasteiger partial charge on any atom is -0.571 e. The maximum atomic E-state index is 12.1. The Morgan fingerprint density at radius 2 is 1.57 bits per heavy atom. The molecule has 0 amide bonds. The second-order valence-corrected chi connectivity index (χ2v) is 11.0. The Morgan fingerprint density at radius 1 is 1.00 bits per heavy atom. The van der Waals surface area contributed by atoms with Crippen LogP contribution in [-0.2, 0) is 41.5 Å². The van der Waals surface area contributed by atoms with Crippen molar-refractivity contribution in [1.29, 1.82) is 0 Å². The number of carboxylic acid groups (broad SMARTS) is 1. The number of aromatic hydroxyl groups is 1. The average molecular weight is 641 g/mol. The van der Waals surface area contributed by atoms with E-state index in [1.54, 1.807) is 42.5 Å². The SMILES string of the molecule is CCS(=O)(=O)O.COS(=O)(=O)c1cc(C)c(O)c([N-]N=C(N=Nc2ccccc2C(=O)O)c2ccccc2)c1.[Cu]. The third-order valence-electron chi connectivity index (χ3n) is 4.80. The zero-order valence-electron chi connectivity index (χ0n) is 21.3. The monoisotopic (exact) mass is 640 g/mol. The van der Waals surface area contributed by atoms with Crippen molar-refractivity contribution in [2.75, 3.05) is 12.9 Å². The van der Waals surface area contributed by atoms with E-state index < -0.39 is 26.2 Å². The molecule has 0 aliphatic carbocycles. The smallest absolute Gasteiger partial charge is 0.337 e. The first kappa shape index (κ1) is 34.4. The van der Waals surface area contributed by atoms with E-state index in [1.165, 1.54) is 32.0 Å². The normalized spacial score (nSPS) is 11.8. The van der Waals surface area contributed by atoms with Gasteiger partial charge in [0.05, 0.1) is 23.3 Å². The van der Waals surface area contributed by atoms with Gasteiger partial charge in [0.25, 0.3) is 20.2 Å². The van der Waals surface area contributed by atoms with Gasteiger partial charge in [-0.15, -0.1) is 10.2 Å². The van der Waals surface area contributed by atoms with Gasteiger partial charge in [-0.25, -0.2) is 4.79 Å². The molecule has 40 heavy (non-hydrogen) atoms. The Kier molecular flexibility index (Phi) is 13.1. The maximum absolute atomic E-state index is 12.1. The Labute approximate surface area is 242 Å². The summed E-state index contributed by atoms with van der Waals surface area (Å²) in [6.07, 6.45) is 0. The molecule has 0 aliphatic heterocycles. The molecule has 1 radical (unpaired) electrons. The number of phenols is 1. The van der Waals surface area contributed by atoms with Gasteiger partial charge in [0.1, 0.15) is 11.4 Å². The number of aryl methyl sites for hydroxylation is 1. The molecule has 219 valence electrons. The maximum Gasteiger partial charge on any atom is 0.337 e. The molecule has 0 atom stereocenters. The van der Waals surface area contributed by atoms with Crippen LogP contribution in [0.5, 0.6) is 5.75 Å². The molecular weight excluding hydrogens is 616 g/mol. The number of nitrogens with zero attached hydrogens (tertiary/aromatic N) is 4. The summed E-state index contributed by atoms with van der Waals surface area (Å²) in [6.45, 7) is 2.88. The van der Waals surface area contributed by atoms with Gasteiger partial charge < -0.3 is 20.7 Å². The fraction of sp³-hybridized carbons (Fsp3) is 0.167. The third-order valence-corrected chi connectivity index (χ3v) is 6.78. The molecule has 0 unspecified atom stereocenters. The van der Waals surface area contributed by atoms with Crippen LogP contribution in [0.3, 0.4) is 0 Å². The van der Waals surface area contributed by atoms with E-state index in [4.69, 9.17) is 4.55 Å². The number of benzene rings is 3. The zero-order chi connectivity index (χ0) is 29.2. The second kappa shape index (κ2) is 15.2. The molecule has 0 saturated carbocycles. The predicted octanol–water partition coefficient (Wildman–Crippen LogP) is 4.78. The molecule has 0 saturated heterocycles. The van der Waals surface area contributed by atoms with Crippen molar-refractivity contribution in [3.8, 4) is 5.75 Å². The van der Waals surface area contributed by atoms with Crippen LogP contribution in [0.15, 0.2) is 87.0 Å². The van der Waals surface area contributed by atoms with Crippen molar-refractivity contribution in [1.82, 2.24) is 0 Å². The number of rotatable bonds is 8. The summed E-state index contributed by atoms with van der Waals surface area (Å²) < 4.78 is 55.5. The minimum atomic E-state index is -4.03. The topological polar surface area (TPSA) is 206 Å². The molecule has 0 aromatic heterocycles. The number of carbonyl (C=O) groups is 1. The first-order chi connectivity index (χ1) is 18.3. The molecule has 3 aromatic carbocycles. The fourth-order valence-corrected chi connectivity index (χ4v) is 3.48. The average Bonchev–Trinajstić information content (AvgIpc) is 2.91. The van der Waals surface area contributed by atoms with Crippen LogP contribution in [0.1, 0.15) is 28.4 Å². The molecule has 0 heterocycles. The standard InChI is InChI=1S/C22H20N4O6S.C2H6O3S.Cu/c1-14-12-16(33(30,31)32-2)13-19(20(14)27)24-26-21(15-8-4-3-5-9-15)25-23-18-11-7-6-10-17(18)22(28)29;1-2-6(3,4)5;/h3-13H,1-2H3,(H3,23,24,25,26,27,28,29);2H2,1H3,(H,3,4,5);/p-1. The summed E-state index contributed by atoms with van der Waals surface area (Å²) in [7, 11) is -6.67. The largest absolute Gasteiger partial charge is 0.571 e. The Morgan fingerprint density at radius 3 is 2.12 bits per heavy atom. The van der Waals surface area contributed by atoms with E-state index in [-0.39, 0.29) is 61.8 Å². The van der Waals surface area contributed by atoms with Crippen LogP contribution < -0.4 is 0 Å². The van der Waals surface area contributed by atoms with Gasteiger partial charge >= 0.3 is 5.97 Å². The van der Waals surface area contributed by atoms with E-state index in [9.17, 15) is 31.8 Å². The summed E-state index contributed by atoms with van der Waals surface area (Å²) in [6, 6.07) is 17.1. The number of phenolic OH excluding ortho intramolecular Hbond substituents is 1. The van der Waals surface area contributed by atoms with E-state index in [1.807, 2.05) is 0 Å². The summed E-state index contributed by atoms with van der Waals surface area (Å²) in [5.41, 5.74) is 4.67. The van der Waals surface area contributed by atoms with E-state index in [2.05, 4.69) is 24.9 Å². The number of aromatic carboxylic acids is 1. The zero-order valence-corrected chi connectivity index (χ0v) is 23.8. The fourth-order valence-electron chi connectivity index (χ4n) is 2.71.